The van der Waals surface area contributed by atoms with Crippen LogP contribution in [0.3, 0.4) is 0 Å². The fourth-order valence-corrected chi connectivity index (χ4v) is 1.75. The molecular formula is C12H12O4. The summed E-state index contributed by atoms with van der Waals surface area (Å²) >= 11 is 0. The molecule has 1 unspecified atom stereocenters. The lowest BCUT2D eigenvalue weighted by Gasteiger charge is -2.08. The van der Waals surface area contributed by atoms with Crippen molar-refractivity contribution in [3.05, 3.63) is 35.4 Å². The number of carbonyl (C=O) groups is 1. The Morgan fingerprint density at radius 3 is 2.81 bits per heavy atom. The number of phenols is 1. The van der Waals surface area contributed by atoms with Crippen molar-refractivity contribution in [2.24, 2.45) is 0 Å². The predicted octanol–water partition coefficient (Wildman–Crippen LogP) is 1.97. The number of ether oxygens (including phenoxy) is 1. The van der Waals surface area contributed by atoms with Gasteiger partial charge in [-0.2, -0.15) is 0 Å². The number of carboxylic acid groups (broad SMARTS) is 1. The van der Waals surface area contributed by atoms with E-state index in [0.717, 1.165) is 5.57 Å². The van der Waals surface area contributed by atoms with Crippen LogP contribution in [-0.4, -0.2) is 22.3 Å². The number of aromatic carboxylic acids is 1. The van der Waals surface area contributed by atoms with Crippen LogP contribution in [-0.2, 0) is 6.42 Å². The van der Waals surface area contributed by atoms with Crippen LogP contribution >= 0.6 is 0 Å². The van der Waals surface area contributed by atoms with Gasteiger partial charge in [-0.1, -0.05) is 6.58 Å². The SMILES string of the molecule is C=C(C)C1Cc2c(ccc(C(=O)O)c2O)O1. The lowest BCUT2D eigenvalue weighted by atomic mass is 10.0. The molecule has 0 fully saturated rings. The molecule has 0 amide bonds. The molecule has 1 atom stereocenters. The molecule has 0 spiro atoms. The van der Waals surface area contributed by atoms with Gasteiger partial charge in [-0.05, 0) is 24.6 Å². The van der Waals surface area contributed by atoms with E-state index in [0.29, 0.717) is 17.7 Å². The second-order valence-corrected chi connectivity index (χ2v) is 3.90. The van der Waals surface area contributed by atoms with Crippen LogP contribution in [0.2, 0.25) is 0 Å². The van der Waals surface area contributed by atoms with Gasteiger partial charge in [-0.25, -0.2) is 4.79 Å². The van der Waals surface area contributed by atoms with Gasteiger partial charge in [0.05, 0.1) is 0 Å². The Morgan fingerprint density at radius 2 is 2.25 bits per heavy atom. The van der Waals surface area contributed by atoms with Crippen LogP contribution in [0.25, 0.3) is 0 Å². The number of hydrogen-bond donors (Lipinski definition) is 2. The van der Waals surface area contributed by atoms with Gasteiger partial charge in [0.2, 0.25) is 0 Å². The first-order valence-corrected chi connectivity index (χ1v) is 4.91. The van der Waals surface area contributed by atoms with E-state index in [1.54, 1.807) is 6.07 Å². The van der Waals surface area contributed by atoms with Crippen LogP contribution < -0.4 is 4.74 Å². The van der Waals surface area contributed by atoms with E-state index < -0.39 is 5.97 Å². The van der Waals surface area contributed by atoms with Crippen molar-refractivity contribution in [2.45, 2.75) is 19.4 Å². The highest BCUT2D eigenvalue weighted by atomic mass is 16.5. The third-order valence-corrected chi connectivity index (χ3v) is 2.68. The predicted molar refractivity (Wildman–Crippen MR) is 58.0 cm³/mol. The van der Waals surface area contributed by atoms with E-state index in [4.69, 9.17) is 9.84 Å². The van der Waals surface area contributed by atoms with Gasteiger partial charge >= 0.3 is 5.97 Å². The highest BCUT2D eigenvalue weighted by Crippen LogP contribution is 2.39. The first-order valence-electron chi connectivity index (χ1n) is 4.91. The summed E-state index contributed by atoms with van der Waals surface area (Å²) in [4.78, 5) is 10.8. The van der Waals surface area contributed by atoms with Crippen LogP contribution in [0.4, 0.5) is 0 Å². The molecule has 1 aliphatic heterocycles. The standard InChI is InChI=1S/C12H12O4/c1-6(2)10-5-8-9(16-10)4-3-7(11(8)13)12(14)15/h3-4,10,13H,1,5H2,2H3,(H,14,15). The zero-order chi connectivity index (χ0) is 11.9. The Hall–Kier alpha value is -1.97. The summed E-state index contributed by atoms with van der Waals surface area (Å²) in [5.41, 5.74) is 1.31. The molecule has 0 saturated heterocycles. The molecule has 0 saturated carbocycles. The topological polar surface area (TPSA) is 66.8 Å². The lowest BCUT2D eigenvalue weighted by molar-refractivity contribution is 0.0693. The second-order valence-electron chi connectivity index (χ2n) is 3.90. The summed E-state index contributed by atoms with van der Waals surface area (Å²) < 4.78 is 5.53. The summed E-state index contributed by atoms with van der Waals surface area (Å²) in [6.07, 6.45) is 0.294. The van der Waals surface area contributed by atoms with E-state index in [9.17, 15) is 9.90 Å². The van der Waals surface area contributed by atoms with Crippen LogP contribution in [0.5, 0.6) is 11.5 Å². The maximum Gasteiger partial charge on any atom is 0.339 e. The zero-order valence-corrected chi connectivity index (χ0v) is 8.86. The average molecular weight is 220 g/mol. The highest BCUT2D eigenvalue weighted by Gasteiger charge is 2.28. The molecule has 0 radical (unpaired) electrons. The van der Waals surface area contributed by atoms with E-state index in [2.05, 4.69) is 6.58 Å². The van der Waals surface area contributed by atoms with Crippen molar-refractivity contribution in [2.75, 3.05) is 0 Å². The van der Waals surface area contributed by atoms with E-state index in [1.807, 2.05) is 6.92 Å². The van der Waals surface area contributed by atoms with Crippen LogP contribution in [0, 0.1) is 0 Å². The van der Waals surface area contributed by atoms with Crippen molar-refractivity contribution in [3.8, 4) is 11.5 Å². The minimum Gasteiger partial charge on any atom is -0.507 e. The number of carboxylic acids is 1. The lowest BCUT2D eigenvalue weighted by Crippen LogP contribution is -2.13. The van der Waals surface area contributed by atoms with Gasteiger partial charge < -0.3 is 14.9 Å². The molecule has 0 bridgehead atoms. The van der Waals surface area contributed by atoms with Crippen LogP contribution in [0.1, 0.15) is 22.8 Å². The number of hydrogen-bond acceptors (Lipinski definition) is 3. The Morgan fingerprint density at radius 1 is 1.56 bits per heavy atom. The number of rotatable bonds is 2. The minimum atomic E-state index is -1.14. The van der Waals surface area contributed by atoms with Crippen molar-refractivity contribution in [1.82, 2.24) is 0 Å². The normalized spacial score (nSPS) is 17.7. The molecule has 0 aromatic heterocycles. The Balaban J connectivity index is 2.44. The summed E-state index contributed by atoms with van der Waals surface area (Å²) in [7, 11) is 0. The zero-order valence-electron chi connectivity index (χ0n) is 8.86. The van der Waals surface area contributed by atoms with Gasteiger partial charge in [-0.3, -0.25) is 0 Å². The van der Waals surface area contributed by atoms with Crippen molar-refractivity contribution in [1.29, 1.82) is 0 Å². The van der Waals surface area contributed by atoms with Gasteiger partial charge in [0.25, 0.3) is 0 Å². The molecule has 1 aliphatic rings. The largest absolute Gasteiger partial charge is 0.507 e. The molecule has 1 heterocycles. The van der Waals surface area contributed by atoms with E-state index >= 15 is 0 Å². The van der Waals surface area contributed by atoms with Gasteiger partial charge in [0.15, 0.2) is 0 Å². The third kappa shape index (κ3) is 1.52. The maximum absolute atomic E-state index is 10.8. The second kappa shape index (κ2) is 3.56. The molecule has 1 aromatic rings. The van der Waals surface area contributed by atoms with Gasteiger partial charge in [0.1, 0.15) is 23.2 Å². The molecule has 2 rings (SSSR count). The highest BCUT2D eigenvalue weighted by molar-refractivity contribution is 5.91. The number of aromatic hydroxyl groups is 1. The first kappa shape index (κ1) is 10.5. The van der Waals surface area contributed by atoms with Crippen molar-refractivity contribution >= 4 is 5.97 Å². The van der Waals surface area contributed by atoms with Gasteiger partial charge in [-0.15, -0.1) is 0 Å². The van der Waals surface area contributed by atoms with Crippen molar-refractivity contribution < 1.29 is 19.7 Å². The average Bonchev–Trinajstić information content (AvgIpc) is 2.62. The van der Waals surface area contributed by atoms with Crippen LogP contribution in [0.15, 0.2) is 24.3 Å². The number of benzene rings is 1. The Kier molecular flexibility index (Phi) is 2.34. The van der Waals surface area contributed by atoms with Gasteiger partial charge in [0, 0.05) is 12.0 Å². The summed E-state index contributed by atoms with van der Waals surface area (Å²) in [6, 6.07) is 2.92. The molecule has 4 nitrogen and oxygen atoms in total. The van der Waals surface area contributed by atoms with E-state index in [-0.39, 0.29) is 17.4 Å². The monoisotopic (exact) mass is 220 g/mol. The third-order valence-electron chi connectivity index (χ3n) is 2.68. The molecule has 1 aromatic carbocycles. The quantitative estimate of drug-likeness (QED) is 0.748. The fourth-order valence-electron chi connectivity index (χ4n) is 1.75. The Labute approximate surface area is 92.8 Å². The maximum atomic E-state index is 10.8. The molecular weight excluding hydrogens is 208 g/mol. The van der Waals surface area contributed by atoms with Crippen molar-refractivity contribution in [3.63, 3.8) is 0 Å². The summed E-state index contributed by atoms with van der Waals surface area (Å²) in [5, 5.41) is 18.6. The summed E-state index contributed by atoms with van der Waals surface area (Å²) in [6.45, 7) is 5.62. The smallest absolute Gasteiger partial charge is 0.339 e. The number of fused-ring (bicyclic) bond motifs is 1. The molecule has 0 aliphatic carbocycles. The molecule has 4 heteroatoms. The summed E-state index contributed by atoms with van der Waals surface area (Å²) in [5.74, 6) is -0.802. The molecule has 2 N–H and O–H groups in total. The molecule has 84 valence electrons. The molecule has 16 heavy (non-hydrogen) atoms. The minimum absolute atomic E-state index is 0.0929. The van der Waals surface area contributed by atoms with E-state index in [1.165, 1.54) is 6.07 Å². The first-order chi connectivity index (χ1) is 7.50. The Bertz CT molecular complexity index is 476. The fraction of sp³-hybridized carbons (Fsp3) is 0.250.